The van der Waals surface area contributed by atoms with Crippen molar-refractivity contribution in [3.05, 3.63) is 18.2 Å². The van der Waals surface area contributed by atoms with Gasteiger partial charge in [0.25, 0.3) is 5.91 Å². The Morgan fingerprint density at radius 1 is 1.29 bits per heavy atom. The molecule has 1 aromatic heterocycles. The minimum atomic E-state index is -0.419. The number of amides is 2. The number of H-pyrrole nitrogens is 1. The van der Waals surface area contributed by atoms with Gasteiger partial charge in [-0.1, -0.05) is 0 Å². The first-order valence-corrected chi connectivity index (χ1v) is 8.88. The van der Waals surface area contributed by atoms with Gasteiger partial charge in [-0.15, -0.1) is 0 Å². The van der Waals surface area contributed by atoms with Crippen molar-refractivity contribution in [2.75, 3.05) is 39.8 Å². The number of hydrogen-bond acceptors (Lipinski definition) is 4. The van der Waals surface area contributed by atoms with Gasteiger partial charge in [0.15, 0.2) is 0 Å². The number of rotatable bonds is 3. The molecule has 1 aromatic rings. The monoisotopic (exact) mass is 331 g/mol. The standard InChI is InChI=1S/C17H25N5O2/c1-20-8-9-22(11-13-2-3-13)16(24)17(20)4-6-21(7-5-17)15(23)14-10-18-12-19-14/h10,12-13H,2-9,11H2,1H3,(H,18,19). The highest BCUT2D eigenvalue weighted by atomic mass is 16.2. The molecule has 3 aliphatic rings. The molecule has 1 aliphatic carbocycles. The van der Waals surface area contributed by atoms with E-state index in [0.29, 0.717) is 31.6 Å². The second-order valence-electron chi connectivity index (χ2n) is 7.41. The number of piperidine rings is 1. The van der Waals surface area contributed by atoms with Gasteiger partial charge in [0.05, 0.1) is 12.5 Å². The number of carbonyl (C=O) groups excluding carboxylic acids is 2. The Bertz CT molecular complexity index is 617. The summed E-state index contributed by atoms with van der Waals surface area (Å²) in [5, 5.41) is 0. The van der Waals surface area contributed by atoms with E-state index in [1.165, 1.54) is 19.2 Å². The molecule has 7 nitrogen and oxygen atoms in total. The van der Waals surface area contributed by atoms with Crippen molar-refractivity contribution in [1.82, 2.24) is 24.7 Å². The summed E-state index contributed by atoms with van der Waals surface area (Å²) in [4.78, 5) is 38.5. The summed E-state index contributed by atoms with van der Waals surface area (Å²) < 4.78 is 0. The summed E-state index contributed by atoms with van der Waals surface area (Å²) in [6.45, 7) is 3.92. The van der Waals surface area contributed by atoms with Crippen LogP contribution in [-0.4, -0.2) is 81.8 Å². The summed E-state index contributed by atoms with van der Waals surface area (Å²) in [5.41, 5.74) is 0.0994. The van der Waals surface area contributed by atoms with Crippen LogP contribution in [0.5, 0.6) is 0 Å². The number of aromatic amines is 1. The Labute approximate surface area is 142 Å². The van der Waals surface area contributed by atoms with Crippen molar-refractivity contribution < 1.29 is 9.59 Å². The van der Waals surface area contributed by atoms with Crippen molar-refractivity contribution in [2.45, 2.75) is 31.2 Å². The normalized spacial score (nSPS) is 24.6. The topological polar surface area (TPSA) is 72.5 Å². The van der Waals surface area contributed by atoms with Crippen molar-refractivity contribution in [1.29, 1.82) is 0 Å². The molecule has 3 fully saturated rings. The van der Waals surface area contributed by atoms with E-state index < -0.39 is 5.54 Å². The Hall–Kier alpha value is -1.89. The molecule has 130 valence electrons. The van der Waals surface area contributed by atoms with E-state index in [1.54, 1.807) is 6.20 Å². The predicted octanol–water partition coefficient (Wildman–Crippen LogP) is 0.569. The number of nitrogens with one attached hydrogen (secondary N) is 1. The summed E-state index contributed by atoms with van der Waals surface area (Å²) in [7, 11) is 2.05. The van der Waals surface area contributed by atoms with Gasteiger partial charge in [0.2, 0.25) is 5.91 Å². The number of likely N-dealkylation sites (N-methyl/N-ethyl adjacent to an activating group) is 1. The molecular formula is C17H25N5O2. The van der Waals surface area contributed by atoms with Gasteiger partial charge in [-0.3, -0.25) is 14.5 Å². The minimum absolute atomic E-state index is 0.0249. The second-order valence-corrected chi connectivity index (χ2v) is 7.41. The highest BCUT2D eigenvalue weighted by Crippen LogP contribution is 2.36. The first-order chi connectivity index (χ1) is 11.6. The molecule has 2 aliphatic heterocycles. The van der Waals surface area contributed by atoms with E-state index >= 15 is 0 Å². The average molecular weight is 331 g/mol. The first kappa shape index (κ1) is 15.6. The van der Waals surface area contributed by atoms with Gasteiger partial charge in [-0.25, -0.2) is 4.98 Å². The van der Waals surface area contributed by atoms with E-state index in [4.69, 9.17) is 0 Å². The molecule has 0 atom stereocenters. The van der Waals surface area contributed by atoms with Gasteiger partial charge in [0.1, 0.15) is 11.2 Å². The Balaban J connectivity index is 1.45. The number of piperazine rings is 1. The Kier molecular flexibility index (Phi) is 3.83. The van der Waals surface area contributed by atoms with Crippen LogP contribution in [-0.2, 0) is 4.79 Å². The van der Waals surface area contributed by atoms with Crippen LogP contribution in [0.25, 0.3) is 0 Å². The van der Waals surface area contributed by atoms with Crippen molar-refractivity contribution in [3.8, 4) is 0 Å². The van der Waals surface area contributed by atoms with Crippen molar-refractivity contribution >= 4 is 11.8 Å². The Morgan fingerprint density at radius 3 is 2.67 bits per heavy atom. The van der Waals surface area contributed by atoms with Crippen LogP contribution >= 0.6 is 0 Å². The fourth-order valence-electron chi connectivity index (χ4n) is 4.05. The molecule has 2 amide bonds. The van der Waals surface area contributed by atoms with Crippen LogP contribution < -0.4 is 0 Å². The molecule has 4 rings (SSSR count). The van der Waals surface area contributed by atoms with Crippen LogP contribution in [0.15, 0.2) is 12.5 Å². The zero-order valence-electron chi connectivity index (χ0n) is 14.2. The molecule has 1 saturated carbocycles. The molecule has 24 heavy (non-hydrogen) atoms. The third-order valence-electron chi connectivity index (χ3n) is 5.90. The van der Waals surface area contributed by atoms with Gasteiger partial charge >= 0.3 is 0 Å². The maximum Gasteiger partial charge on any atom is 0.271 e. The molecule has 0 radical (unpaired) electrons. The summed E-state index contributed by atoms with van der Waals surface area (Å²) in [6, 6.07) is 0. The van der Waals surface area contributed by atoms with E-state index in [2.05, 4.69) is 26.8 Å². The molecule has 3 heterocycles. The van der Waals surface area contributed by atoms with Crippen molar-refractivity contribution in [3.63, 3.8) is 0 Å². The molecule has 0 aromatic carbocycles. The molecule has 1 N–H and O–H groups in total. The molecule has 0 bridgehead atoms. The zero-order valence-corrected chi connectivity index (χ0v) is 14.2. The van der Waals surface area contributed by atoms with Crippen LogP contribution in [0.3, 0.4) is 0 Å². The average Bonchev–Trinajstić information content (AvgIpc) is 3.25. The van der Waals surface area contributed by atoms with Crippen LogP contribution in [0.4, 0.5) is 0 Å². The van der Waals surface area contributed by atoms with Crippen LogP contribution in [0, 0.1) is 5.92 Å². The maximum atomic E-state index is 13.1. The lowest BCUT2D eigenvalue weighted by atomic mass is 9.82. The third kappa shape index (κ3) is 2.60. The number of aromatic nitrogens is 2. The lowest BCUT2D eigenvalue weighted by Gasteiger charge is -2.51. The van der Waals surface area contributed by atoms with E-state index in [1.807, 2.05) is 4.90 Å². The fourth-order valence-corrected chi connectivity index (χ4v) is 4.05. The quantitative estimate of drug-likeness (QED) is 0.879. The molecular weight excluding hydrogens is 306 g/mol. The highest BCUT2D eigenvalue weighted by Gasteiger charge is 2.50. The van der Waals surface area contributed by atoms with Gasteiger partial charge in [-0.2, -0.15) is 0 Å². The van der Waals surface area contributed by atoms with Crippen LogP contribution in [0.2, 0.25) is 0 Å². The summed E-state index contributed by atoms with van der Waals surface area (Å²) >= 11 is 0. The summed E-state index contributed by atoms with van der Waals surface area (Å²) in [6.07, 6.45) is 7.03. The molecule has 2 saturated heterocycles. The van der Waals surface area contributed by atoms with Gasteiger partial charge in [0, 0.05) is 32.7 Å². The van der Waals surface area contributed by atoms with Gasteiger partial charge in [-0.05, 0) is 38.6 Å². The highest BCUT2D eigenvalue weighted by molar-refractivity contribution is 5.93. The molecule has 7 heteroatoms. The zero-order chi connectivity index (χ0) is 16.7. The number of carbonyl (C=O) groups is 2. The lowest BCUT2D eigenvalue weighted by molar-refractivity contribution is -0.154. The largest absolute Gasteiger partial charge is 0.341 e. The van der Waals surface area contributed by atoms with Crippen molar-refractivity contribution in [2.24, 2.45) is 5.92 Å². The third-order valence-corrected chi connectivity index (χ3v) is 5.90. The fraction of sp³-hybridized carbons (Fsp3) is 0.706. The SMILES string of the molecule is CN1CCN(CC2CC2)C(=O)C12CCN(C(=O)c1cnc[nH]1)CC2. The number of hydrogen-bond donors (Lipinski definition) is 1. The number of imidazole rings is 1. The smallest absolute Gasteiger partial charge is 0.271 e. The molecule has 1 spiro atoms. The Morgan fingerprint density at radius 2 is 2.04 bits per heavy atom. The lowest BCUT2D eigenvalue weighted by Crippen LogP contribution is -2.68. The predicted molar refractivity (Wildman–Crippen MR) is 88.4 cm³/mol. The maximum absolute atomic E-state index is 13.1. The van der Waals surface area contributed by atoms with E-state index in [-0.39, 0.29) is 11.8 Å². The summed E-state index contributed by atoms with van der Waals surface area (Å²) in [5.74, 6) is 0.969. The van der Waals surface area contributed by atoms with E-state index in [0.717, 1.165) is 25.6 Å². The minimum Gasteiger partial charge on any atom is -0.341 e. The van der Waals surface area contributed by atoms with Gasteiger partial charge < -0.3 is 14.8 Å². The number of likely N-dealkylation sites (tertiary alicyclic amines) is 1. The van der Waals surface area contributed by atoms with E-state index in [9.17, 15) is 9.59 Å². The first-order valence-electron chi connectivity index (χ1n) is 8.88. The van der Waals surface area contributed by atoms with Crippen LogP contribution in [0.1, 0.15) is 36.2 Å². The molecule has 0 unspecified atom stereocenters. The second kappa shape index (κ2) is 5.88. The number of nitrogens with zero attached hydrogens (tertiary/aromatic N) is 4.